The molecule has 0 saturated heterocycles. The Hall–Kier alpha value is -1.29. The molecule has 0 fully saturated rings. The van der Waals surface area contributed by atoms with Crippen molar-refractivity contribution in [3.8, 4) is 0 Å². The molecule has 1 unspecified atom stereocenters. The molecular weight excluding hydrogens is 176 g/mol. The third kappa shape index (κ3) is 3.22. The van der Waals surface area contributed by atoms with Gasteiger partial charge in [-0.2, -0.15) is 0 Å². The van der Waals surface area contributed by atoms with Gasteiger partial charge in [0, 0.05) is 12.6 Å². The third-order valence-electron chi connectivity index (χ3n) is 2.25. The highest BCUT2D eigenvalue weighted by atomic mass is 15.1. The van der Waals surface area contributed by atoms with Crippen LogP contribution in [0.5, 0.6) is 0 Å². The van der Waals surface area contributed by atoms with Gasteiger partial charge in [0.1, 0.15) is 5.82 Å². The molecule has 3 N–H and O–H groups in total. The van der Waals surface area contributed by atoms with Crippen LogP contribution in [0.1, 0.15) is 6.92 Å². The largest absolute Gasteiger partial charge is 0.397 e. The first-order chi connectivity index (χ1) is 6.59. The Labute approximate surface area is 85.1 Å². The Kier molecular flexibility index (Phi) is 3.71. The monoisotopic (exact) mass is 194 g/mol. The number of pyridine rings is 1. The molecule has 1 aromatic heterocycles. The van der Waals surface area contributed by atoms with E-state index in [9.17, 15) is 0 Å². The van der Waals surface area contributed by atoms with E-state index in [1.165, 1.54) is 0 Å². The second-order valence-electron chi connectivity index (χ2n) is 3.67. The molecule has 0 amide bonds. The van der Waals surface area contributed by atoms with E-state index in [0.717, 1.165) is 12.4 Å². The van der Waals surface area contributed by atoms with Crippen LogP contribution in [0.25, 0.3) is 0 Å². The average Bonchev–Trinajstić information content (AvgIpc) is 2.16. The van der Waals surface area contributed by atoms with Crippen molar-refractivity contribution in [3.63, 3.8) is 0 Å². The molecule has 14 heavy (non-hydrogen) atoms. The summed E-state index contributed by atoms with van der Waals surface area (Å²) in [6, 6.07) is 4.21. The second kappa shape index (κ2) is 4.81. The molecule has 4 nitrogen and oxygen atoms in total. The first-order valence-electron chi connectivity index (χ1n) is 4.71. The first kappa shape index (κ1) is 10.8. The average molecular weight is 194 g/mol. The molecule has 1 aromatic rings. The molecule has 4 heteroatoms. The van der Waals surface area contributed by atoms with Gasteiger partial charge in [-0.25, -0.2) is 4.98 Å². The third-order valence-corrected chi connectivity index (χ3v) is 2.25. The summed E-state index contributed by atoms with van der Waals surface area (Å²) in [5.41, 5.74) is 6.22. The molecule has 0 bridgehead atoms. The lowest BCUT2D eigenvalue weighted by atomic mass is 10.3. The lowest BCUT2D eigenvalue weighted by molar-refractivity contribution is 0.326. The van der Waals surface area contributed by atoms with Crippen LogP contribution in [0.2, 0.25) is 0 Å². The van der Waals surface area contributed by atoms with E-state index in [4.69, 9.17) is 5.73 Å². The molecule has 78 valence electrons. The van der Waals surface area contributed by atoms with Gasteiger partial charge in [-0.3, -0.25) is 0 Å². The summed E-state index contributed by atoms with van der Waals surface area (Å²) >= 11 is 0. The Morgan fingerprint density at radius 2 is 2.21 bits per heavy atom. The zero-order valence-corrected chi connectivity index (χ0v) is 8.99. The Balaban J connectivity index is 2.42. The molecule has 1 atom stereocenters. The number of nitrogen functional groups attached to an aromatic ring is 1. The number of nitrogens with one attached hydrogen (secondary N) is 1. The van der Waals surface area contributed by atoms with Gasteiger partial charge in [0.15, 0.2) is 0 Å². The molecule has 0 aliphatic carbocycles. The minimum absolute atomic E-state index is 0.481. The van der Waals surface area contributed by atoms with Crippen LogP contribution >= 0.6 is 0 Å². The molecule has 1 heterocycles. The number of nitrogens with two attached hydrogens (primary N) is 1. The summed E-state index contributed by atoms with van der Waals surface area (Å²) in [6.45, 7) is 3.04. The maximum atomic E-state index is 5.53. The number of hydrogen-bond acceptors (Lipinski definition) is 4. The van der Waals surface area contributed by atoms with Crippen LogP contribution in [-0.2, 0) is 0 Å². The van der Waals surface area contributed by atoms with Crippen LogP contribution < -0.4 is 11.1 Å². The number of aromatic nitrogens is 1. The van der Waals surface area contributed by atoms with Crippen molar-refractivity contribution >= 4 is 11.5 Å². The Bertz CT molecular complexity index is 268. The van der Waals surface area contributed by atoms with Gasteiger partial charge < -0.3 is 16.0 Å². The predicted molar refractivity (Wildman–Crippen MR) is 60.3 cm³/mol. The van der Waals surface area contributed by atoms with E-state index >= 15 is 0 Å². The fourth-order valence-electron chi connectivity index (χ4n) is 0.945. The van der Waals surface area contributed by atoms with Crippen molar-refractivity contribution in [2.75, 3.05) is 31.7 Å². The second-order valence-corrected chi connectivity index (χ2v) is 3.67. The highest BCUT2D eigenvalue weighted by molar-refractivity contribution is 5.43. The highest BCUT2D eigenvalue weighted by Gasteiger charge is 2.03. The van der Waals surface area contributed by atoms with Crippen LogP contribution in [0.4, 0.5) is 11.5 Å². The van der Waals surface area contributed by atoms with Crippen molar-refractivity contribution < 1.29 is 0 Å². The maximum absolute atomic E-state index is 5.53. The summed E-state index contributed by atoms with van der Waals surface area (Å²) < 4.78 is 0. The SMILES string of the molecule is CC(CNc1ccc(N)cn1)N(C)C. The minimum Gasteiger partial charge on any atom is -0.397 e. The Morgan fingerprint density at radius 3 is 2.71 bits per heavy atom. The lowest BCUT2D eigenvalue weighted by Crippen LogP contribution is -2.31. The highest BCUT2D eigenvalue weighted by Crippen LogP contribution is 2.06. The summed E-state index contributed by atoms with van der Waals surface area (Å²) in [5, 5.41) is 3.24. The number of anilines is 2. The van der Waals surface area contributed by atoms with E-state index < -0.39 is 0 Å². The van der Waals surface area contributed by atoms with Crippen molar-refractivity contribution in [2.45, 2.75) is 13.0 Å². The minimum atomic E-state index is 0.481. The quantitative estimate of drug-likeness (QED) is 0.751. The number of rotatable bonds is 4. The van der Waals surface area contributed by atoms with Crippen molar-refractivity contribution in [3.05, 3.63) is 18.3 Å². The van der Waals surface area contributed by atoms with Crippen LogP contribution in [0.3, 0.4) is 0 Å². The van der Waals surface area contributed by atoms with Gasteiger partial charge in [0.25, 0.3) is 0 Å². The van der Waals surface area contributed by atoms with E-state index in [-0.39, 0.29) is 0 Å². The van der Waals surface area contributed by atoms with Crippen LogP contribution in [0.15, 0.2) is 18.3 Å². The van der Waals surface area contributed by atoms with Crippen molar-refractivity contribution in [1.29, 1.82) is 0 Å². The van der Waals surface area contributed by atoms with Gasteiger partial charge in [0.05, 0.1) is 11.9 Å². The maximum Gasteiger partial charge on any atom is 0.126 e. The number of likely N-dealkylation sites (N-methyl/N-ethyl adjacent to an activating group) is 1. The van der Waals surface area contributed by atoms with E-state index in [1.54, 1.807) is 6.20 Å². The predicted octanol–water partition coefficient (Wildman–Crippen LogP) is 1.03. The summed E-state index contributed by atoms with van der Waals surface area (Å²) in [7, 11) is 4.12. The van der Waals surface area contributed by atoms with Gasteiger partial charge in [-0.15, -0.1) is 0 Å². The molecule has 1 rings (SSSR count). The van der Waals surface area contributed by atoms with Crippen molar-refractivity contribution in [2.24, 2.45) is 0 Å². The number of nitrogens with zero attached hydrogens (tertiary/aromatic N) is 2. The molecule has 0 aliphatic rings. The Morgan fingerprint density at radius 1 is 1.50 bits per heavy atom. The summed E-state index contributed by atoms with van der Waals surface area (Å²) in [5.74, 6) is 0.868. The molecule has 0 saturated carbocycles. The standard InChI is InChI=1S/C10H18N4/c1-8(14(2)3)6-12-10-5-4-9(11)7-13-10/h4-5,7-8H,6,11H2,1-3H3,(H,12,13). The van der Waals surface area contributed by atoms with Gasteiger partial charge in [-0.1, -0.05) is 0 Å². The van der Waals surface area contributed by atoms with E-state index in [0.29, 0.717) is 11.7 Å². The topological polar surface area (TPSA) is 54.2 Å². The van der Waals surface area contributed by atoms with E-state index in [2.05, 4.69) is 36.2 Å². The van der Waals surface area contributed by atoms with Gasteiger partial charge >= 0.3 is 0 Å². The molecule has 0 aromatic carbocycles. The molecular formula is C10H18N4. The normalized spacial score (nSPS) is 12.9. The van der Waals surface area contributed by atoms with Gasteiger partial charge in [0.2, 0.25) is 0 Å². The van der Waals surface area contributed by atoms with Crippen molar-refractivity contribution in [1.82, 2.24) is 9.88 Å². The van der Waals surface area contributed by atoms with Crippen LogP contribution in [-0.4, -0.2) is 36.6 Å². The fraction of sp³-hybridized carbons (Fsp3) is 0.500. The van der Waals surface area contributed by atoms with Gasteiger partial charge in [-0.05, 0) is 33.2 Å². The lowest BCUT2D eigenvalue weighted by Gasteiger charge is -2.20. The zero-order chi connectivity index (χ0) is 10.6. The summed E-state index contributed by atoms with van der Waals surface area (Å²) in [6.07, 6.45) is 1.66. The fourth-order valence-corrected chi connectivity index (χ4v) is 0.945. The molecule has 0 spiro atoms. The first-order valence-corrected chi connectivity index (χ1v) is 4.71. The number of hydrogen-bond donors (Lipinski definition) is 2. The van der Waals surface area contributed by atoms with E-state index in [1.807, 2.05) is 12.1 Å². The summed E-state index contributed by atoms with van der Waals surface area (Å²) in [4.78, 5) is 6.31. The molecule has 0 aliphatic heterocycles. The molecule has 0 radical (unpaired) electrons. The smallest absolute Gasteiger partial charge is 0.126 e. The van der Waals surface area contributed by atoms with Crippen LogP contribution in [0, 0.1) is 0 Å². The zero-order valence-electron chi connectivity index (χ0n) is 8.99.